The molecule has 9 heteroatoms. The summed E-state index contributed by atoms with van der Waals surface area (Å²) in [5.74, 6) is 0.463. The van der Waals surface area contributed by atoms with Crippen LogP contribution in [-0.2, 0) is 6.42 Å². The van der Waals surface area contributed by atoms with Crippen LogP contribution in [0.4, 0.5) is 14.5 Å². The number of nitrogens with one attached hydrogen (secondary N) is 1. The predicted octanol–water partition coefficient (Wildman–Crippen LogP) is 5.74. The van der Waals surface area contributed by atoms with Crippen LogP contribution in [0.5, 0.6) is 5.75 Å². The largest absolute Gasteiger partial charge is 0.486 e. The normalized spacial score (nSPS) is 21.1. The number of aromatic amines is 1. The molecule has 1 aromatic heterocycles. The molecule has 190 valence electrons. The van der Waals surface area contributed by atoms with Gasteiger partial charge in [-0.25, -0.2) is 0 Å². The van der Waals surface area contributed by atoms with Gasteiger partial charge >= 0.3 is 3.93 Å². The summed E-state index contributed by atoms with van der Waals surface area (Å²) in [7, 11) is 0. The summed E-state index contributed by atoms with van der Waals surface area (Å²) < 4.78 is 28.3. The molecule has 1 aliphatic carbocycles. The zero-order valence-corrected chi connectivity index (χ0v) is 22.2. The second-order valence-corrected chi connectivity index (χ2v) is 11.4. The molecule has 2 aliphatic rings. The summed E-state index contributed by atoms with van der Waals surface area (Å²) in [6, 6.07) is 12.6. The molecule has 2 heterocycles. The highest BCUT2D eigenvalue weighted by Gasteiger charge is 2.48. The number of carbonyl (C=O) groups is 1. The van der Waals surface area contributed by atoms with Crippen LogP contribution >= 0.6 is 22.6 Å². The van der Waals surface area contributed by atoms with Crippen molar-refractivity contribution in [3.05, 3.63) is 65.4 Å². The zero-order chi connectivity index (χ0) is 25.6. The van der Waals surface area contributed by atoms with Crippen LogP contribution in [-0.4, -0.2) is 49.8 Å². The Morgan fingerprint density at radius 3 is 2.64 bits per heavy atom. The summed E-state index contributed by atoms with van der Waals surface area (Å²) >= 11 is 1.04. The van der Waals surface area contributed by atoms with E-state index in [0.29, 0.717) is 11.3 Å². The molecule has 3 atom stereocenters. The number of rotatable bonds is 8. The van der Waals surface area contributed by atoms with Gasteiger partial charge in [-0.2, -0.15) is 13.9 Å². The number of aliphatic hydroxyl groups excluding tert-OH is 1. The molecular formula is C27H28F2IN3O3. The minimum Gasteiger partial charge on any atom is -0.486 e. The van der Waals surface area contributed by atoms with E-state index in [4.69, 9.17) is 4.74 Å². The van der Waals surface area contributed by atoms with Gasteiger partial charge in [0.1, 0.15) is 5.75 Å². The van der Waals surface area contributed by atoms with Crippen LogP contribution in [0.1, 0.15) is 54.1 Å². The van der Waals surface area contributed by atoms with Gasteiger partial charge in [0, 0.05) is 58.3 Å². The first kappa shape index (κ1) is 25.1. The maximum atomic E-state index is 13.4. The van der Waals surface area contributed by atoms with Crippen molar-refractivity contribution in [2.45, 2.75) is 61.1 Å². The lowest BCUT2D eigenvalue weighted by Gasteiger charge is -2.34. The number of benzene rings is 2. The molecule has 1 saturated carbocycles. The topological polar surface area (TPSA) is 78.5 Å². The van der Waals surface area contributed by atoms with Crippen molar-refractivity contribution in [2.75, 3.05) is 11.5 Å². The number of nitrogens with zero attached hydrogens (tertiary/aromatic N) is 2. The molecule has 0 radical (unpaired) electrons. The van der Waals surface area contributed by atoms with E-state index in [0.717, 1.165) is 63.5 Å². The van der Waals surface area contributed by atoms with Crippen LogP contribution in [0.3, 0.4) is 0 Å². The number of halogens is 3. The Bertz CT molecular complexity index is 1240. The molecule has 2 N–H and O–H groups in total. The quantitative estimate of drug-likeness (QED) is 0.194. The first-order valence-electron chi connectivity index (χ1n) is 12.1. The standard InChI is InChI=1S/C27H28F2IN3O3/c1-15(2)33-25-20(19-7-8-23(34)26(19)33)12-17(13-21(25)22-9-10-31-32-22)24(35)11-16-3-5-18(6-4-16)36-14-27(28,29)30/h3-6,9-10,12-13,15,19,23,26,34H,7-8,11,14H2,1-2H3,(H,31,32). The number of fused-ring (bicyclic) bond motifs is 3. The van der Waals surface area contributed by atoms with Gasteiger partial charge in [0.2, 0.25) is 0 Å². The number of aromatic nitrogens is 2. The molecule has 0 spiro atoms. The Balaban J connectivity index is 1.46. The van der Waals surface area contributed by atoms with Crippen molar-refractivity contribution in [1.29, 1.82) is 0 Å². The molecule has 1 fully saturated rings. The van der Waals surface area contributed by atoms with Crippen molar-refractivity contribution in [3.63, 3.8) is 0 Å². The van der Waals surface area contributed by atoms with Gasteiger partial charge in [-0.15, -0.1) is 0 Å². The summed E-state index contributed by atoms with van der Waals surface area (Å²) in [5.41, 5.74) is 5.28. The molecular weight excluding hydrogens is 579 g/mol. The summed E-state index contributed by atoms with van der Waals surface area (Å²) in [6.45, 7) is 3.55. The average molecular weight is 607 g/mol. The molecule has 1 aliphatic heterocycles. The number of hydrogen-bond acceptors (Lipinski definition) is 5. The van der Waals surface area contributed by atoms with Crippen molar-refractivity contribution in [2.24, 2.45) is 0 Å². The van der Waals surface area contributed by atoms with Gasteiger partial charge in [0.15, 0.2) is 12.4 Å². The minimum atomic E-state index is -2.94. The number of aliphatic hydroxyl groups is 1. The van der Waals surface area contributed by atoms with Gasteiger partial charge in [0.25, 0.3) is 0 Å². The molecule has 5 rings (SSSR count). The fourth-order valence-corrected chi connectivity index (χ4v) is 5.74. The lowest BCUT2D eigenvalue weighted by atomic mass is 9.91. The second kappa shape index (κ2) is 9.74. The van der Waals surface area contributed by atoms with Crippen LogP contribution in [0.2, 0.25) is 0 Å². The zero-order valence-electron chi connectivity index (χ0n) is 20.0. The number of ketones is 1. The first-order valence-corrected chi connectivity index (χ1v) is 13.2. The Morgan fingerprint density at radius 2 is 2.00 bits per heavy atom. The lowest BCUT2D eigenvalue weighted by Crippen LogP contribution is -2.43. The third kappa shape index (κ3) is 4.87. The third-order valence-electron chi connectivity index (χ3n) is 7.06. The van der Waals surface area contributed by atoms with Crippen molar-refractivity contribution < 1.29 is 23.4 Å². The number of Topliss-reactive ketones (excluding diaryl/α,β-unsaturated/α-hetero) is 1. The monoisotopic (exact) mass is 607 g/mol. The first-order chi connectivity index (χ1) is 17.1. The van der Waals surface area contributed by atoms with Gasteiger partial charge in [-0.3, -0.25) is 9.89 Å². The smallest absolute Gasteiger partial charge is 0.329 e. The highest BCUT2D eigenvalue weighted by molar-refractivity contribution is 14.1. The van der Waals surface area contributed by atoms with E-state index in [1.54, 1.807) is 30.5 Å². The van der Waals surface area contributed by atoms with Gasteiger partial charge < -0.3 is 14.7 Å². The van der Waals surface area contributed by atoms with Crippen molar-refractivity contribution in [1.82, 2.24) is 10.2 Å². The summed E-state index contributed by atoms with van der Waals surface area (Å²) in [6.07, 6.45) is 3.08. The molecule has 2 aromatic carbocycles. The summed E-state index contributed by atoms with van der Waals surface area (Å²) in [4.78, 5) is 15.7. The van der Waals surface area contributed by atoms with E-state index < -0.39 is 16.6 Å². The maximum absolute atomic E-state index is 13.4. The Labute approximate surface area is 222 Å². The van der Waals surface area contributed by atoms with Gasteiger partial charge in [-0.05, 0) is 68.1 Å². The van der Waals surface area contributed by atoms with E-state index in [1.165, 1.54) is 0 Å². The number of carbonyl (C=O) groups excluding carboxylic acids is 1. The molecule has 0 amide bonds. The van der Waals surface area contributed by atoms with Crippen LogP contribution in [0, 0.1) is 0 Å². The van der Waals surface area contributed by atoms with E-state index in [-0.39, 0.29) is 30.2 Å². The lowest BCUT2D eigenvalue weighted by molar-refractivity contribution is 0.0647. The number of alkyl halides is 3. The Kier molecular flexibility index (Phi) is 6.80. The molecule has 6 nitrogen and oxygen atoms in total. The van der Waals surface area contributed by atoms with Gasteiger partial charge in [0.05, 0.1) is 23.5 Å². The number of anilines is 1. The third-order valence-corrected chi connectivity index (χ3v) is 7.37. The number of ether oxygens (including phenoxy) is 1. The van der Waals surface area contributed by atoms with E-state index in [2.05, 4.69) is 28.9 Å². The molecule has 3 aromatic rings. The van der Waals surface area contributed by atoms with E-state index in [9.17, 15) is 18.7 Å². The highest BCUT2D eigenvalue weighted by atomic mass is 127. The highest BCUT2D eigenvalue weighted by Crippen LogP contribution is 2.53. The van der Waals surface area contributed by atoms with Crippen LogP contribution < -0.4 is 9.64 Å². The Hall–Kier alpha value is -2.53. The Morgan fingerprint density at radius 1 is 1.25 bits per heavy atom. The number of H-pyrrole nitrogens is 1. The van der Waals surface area contributed by atoms with E-state index >= 15 is 0 Å². The van der Waals surface area contributed by atoms with Crippen LogP contribution in [0.15, 0.2) is 48.7 Å². The van der Waals surface area contributed by atoms with Crippen molar-refractivity contribution >= 4 is 34.1 Å². The number of hydrogen-bond donors (Lipinski definition) is 2. The van der Waals surface area contributed by atoms with E-state index in [1.807, 2.05) is 18.2 Å². The maximum Gasteiger partial charge on any atom is 0.329 e. The molecule has 0 bridgehead atoms. The molecule has 3 unspecified atom stereocenters. The van der Waals surface area contributed by atoms with Gasteiger partial charge in [-0.1, -0.05) is 12.1 Å². The molecule has 36 heavy (non-hydrogen) atoms. The average Bonchev–Trinajstić information content (AvgIpc) is 3.55. The fourth-order valence-electron chi connectivity index (χ4n) is 5.59. The fraction of sp³-hybridized carbons (Fsp3) is 0.407. The summed E-state index contributed by atoms with van der Waals surface area (Å²) in [5, 5.41) is 18.0. The predicted molar refractivity (Wildman–Crippen MR) is 142 cm³/mol. The van der Waals surface area contributed by atoms with Crippen LogP contribution in [0.25, 0.3) is 11.3 Å². The molecule has 0 saturated heterocycles. The second-order valence-electron chi connectivity index (χ2n) is 9.82. The SMILES string of the molecule is CC(C)N1c2c(-c3ccn[nH]3)cc(C(=O)Cc3ccc(OCC(F)(F)I)cc3)cc2C2CCC(O)C21. The van der Waals surface area contributed by atoms with Crippen molar-refractivity contribution in [3.8, 4) is 17.0 Å². The minimum absolute atomic E-state index is 0.00510.